The Morgan fingerprint density at radius 1 is 1.07 bits per heavy atom. The fraction of sp³-hybridized carbons (Fsp3) is 0.619. The fourth-order valence-corrected chi connectivity index (χ4v) is 5.74. The number of sulfonamides is 1. The molecule has 1 aromatic carbocycles. The van der Waals surface area contributed by atoms with E-state index in [1.54, 1.807) is 12.1 Å². The van der Waals surface area contributed by atoms with E-state index in [9.17, 15) is 18.0 Å². The molecule has 29 heavy (non-hydrogen) atoms. The molecule has 2 aliphatic rings. The van der Waals surface area contributed by atoms with E-state index >= 15 is 0 Å². The molecule has 1 aromatic rings. The van der Waals surface area contributed by atoms with E-state index in [2.05, 4.69) is 6.92 Å². The second-order valence-corrected chi connectivity index (χ2v) is 9.99. The Labute approximate surface area is 173 Å². The minimum Gasteiger partial charge on any atom is -0.335 e. The van der Waals surface area contributed by atoms with E-state index in [0.717, 1.165) is 30.7 Å². The standard InChI is InChI=1S/C21H31N3O4S/c1-3-19-6-4-5-11-24(19)21(26)16-22-12-14-23(15-13-22)29(27,28)20-9-7-18(8-10-20)17(2)25/h7-10,19H,3-6,11-16H2,1-2H3/p+1/t19-/m1/s1. The van der Waals surface area contributed by atoms with Gasteiger partial charge in [0, 0.05) is 18.2 Å². The van der Waals surface area contributed by atoms with Crippen molar-refractivity contribution < 1.29 is 22.9 Å². The molecule has 7 nitrogen and oxygen atoms in total. The van der Waals surface area contributed by atoms with Gasteiger partial charge in [0.2, 0.25) is 10.0 Å². The normalized spacial score (nSPS) is 21.9. The largest absolute Gasteiger partial charge is 0.335 e. The lowest BCUT2D eigenvalue weighted by Gasteiger charge is -2.37. The Hall–Kier alpha value is -1.77. The maximum absolute atomic E-state index is 12.9. The third-order valence-electron chi connectivity index (χ3n) is 6.15. The molecule has 0 bridgehead atoms. The quantitative estimate of drug-likeness (QED) is 0.680. The predicted octanol–water partition coefficient (Wildman–Crippen LogP) is 0.570. The Bertz CT molecular complexity index is 830. The second kappa shape index (κ2) is 9.36. The van der Waals surface area contributed by atoms with Gasteiger partial charge in [-0.3, -0.25) is 9.59 Å². The van der Waals surface area contributed by atoms with E-state index in [-0.39, 0.29) is 16.6 Å². The zero-order chi connectivity index (χ0) is 21.0. The lowest BCUT2D eigenvalue weighted by Crippen LogP contribution is -3.15. The highest BCUT2D eigenvalue weighted by atomic mass is 32.2. The number of Topliss-reactive ketones (excluding diaryl/α,β-unsaturated/α-hetero) is 1. The highest BCUT2D eigenvalue weighted by Gasteiger charge is 2.33. The number of hydrogen-bond donors (Lipinski definition) is 1. The average Bonchev–Trinajstić information content (AvgIpc) is 2.74. The first-order chi connectivity index (χ1) is 13.8. The SMILES string of the molecule is CC[C@@H]1CCCCN1C(=O)C[NH+]1CCN(S(=O)(=O)c2ccc(C(C)=O)cc2)CC1. The topological polar surface area (TPSA) is 79.2 Å². The van der Waals surface area contributed by atoms with Crippen LogP contribution in [0, 0.1) is 0 Å². The lowest BCUT2D eigenvalue weighted by atomic mass is 10.00. The first-order valence-corrected chi connectivity index (χ1v) is 12.0. The van der Waals surface area contributed by atoms with Crippen LogP contribution in [0.5, 0.6) is 0 Å². The number of nitrogens with zero attached hydrogens (tertiary/aromatic N) is 2. The number of piperidine rings is 1. The third kappa shape index (κ3) is 5.05. The van der Waals surface area contributed by atoms with Crippen molar-refractivity contribution in [3.63, 3.8) is 0 Å². The lowest BCUT2D eigenvalue weighted by molar-refractivity contribution is -0.896. The highest BCUT2D eigenvalue weighted by Crippen LogP contribution is 2.19. The number of carbonyl (C=O) groups excluding carboxylic acids is 2. The first-order valence-electron chi connectivity index (χ1n) is 10.6. The molecule has 2 saturated heterocycles. The zero-order valence-electron chi connectivity index (χ0n) is 17.4. The Kier molecular flexibility index (Phi) is 7.08. The first kappa shape index (κ1) is 21.9. The molecule has 0 spiro atoms. The summed E-state index contributed by atoms with van der Waals surface area (Å²) < 4.78 is 27.3. The molecular weight excluding hydrogens is 390 g/mol. The van der Waals surface area contributed by atoms with Crippen LogP contribution in [-0.4, -0.2) is 74.6 Å². The van der Waals surface area contributed by atoms with Gasteiger partial charge in [-0.25, -0.2) is 8.42 Å². The van der Waals surface area contributed by atoms with Crippen LogP contribution in [0.25, 0.3) is 0 Å². The van der Waals surface area contributed by atoms with Crippen molar-refractivity contribution in [2.75, 3.05) is 39.3 Å². The number of quaternary nitrogens is 1. The van der Waals surface area contributed by atoms with Crippen molar-refractivity contribution in [2.24, 2.45) is 0 Å². The van der Waals surface area contributed by atoms with Crippen molar-refractivity contribution in [3.8, 4) is 0 Å². The van der Waals surface area contributed by atoms with Crippen LogP contribution in [0.2, 0.25) is 0 Å². The molecule has 0 saturated carbocycles. The monoisotopic (exact) mass is 422 g/mol. The molecule has 1 atom stereocenters. The maximum atomic E-state index is 12.9. The summed E-state index contributed by atoms with van der Waals surface area (Å²) in [5.74, 6) is 0.109. The number of rotatable bonds is 6. The van der Waals surface area contributed by atoms with Gasteiger partial charge in [0.1, 0.15) is 0 Å². The van der Waals surface area contributed by atoms with Crippen molar-refractivity contribution in [3.05, 3.63) is 29.8 Å². The Balaban J connectivity index is 1.56. The van der Waals surface area contributed by atoms with Gasteiger partial charge in [-0.05, 0) is 44.7 Å². The van der Waals surface area contributed by atoms with Crippen LogP contribution in [0.15, 0.2) is 29.2 Å². The summed E-state index contributed by atoms with van der Waals surface area (Å²) in [5, 5.41) is 0. The van der Waals surface area contributed by atoms with Crippen molar-refractivity contribution in [2.45, 2.75) is 50.5 Å². The van der Waals surface area contributed by atoms with E-state index in [1.165, 1.54) is 29.8 Å². The predicted molar refractivity (Wildman–Crippen MR) is 110 cm³/mol. The number of carbonyl (C=O) groups is 2. The van der Waals surface area contributed by atoms with Crippen LogP contribution in [0.4, 0.5) is 0 Å². The van der Waals surface area contributed by atoms with Gasteiger partial charge >= 0.3 is 0 Å². The molecule has 1 N–H and O–H groups in total. The van der Waals surface area contributed by atoms with Crippen LogP contribution in [-0.2, 0) is 14.8 Å². The third-order valence-corrected chi connectivity index (χ3v) is 8.06. The van der Waals surface area contributed by atoms with Gasteiger partial charge in [0.15, 0.2) is 12.3 Å². The number of ketones is 1. The summed E-state index contributed by atoms with van der Waals surface area (Å²) in [6, 6.07) is 6.46. The highest BCUT2D eigenvalue weighted by molar-refractivity contribution is 7.89. The number of amides is 1. The molecule has 1 amide bonds. The molecule has 0 radical (unpaired) electrons. The molecular formula is C21H32N3O4S+. The minimum absolute atomic E-state index is 0.0881. The number of piperazine rings is 1. The van der Waals surface area contributed by atoms with Crippen molar-refractivity contribution in [1.82, 2.24) is 9.21 Å². The molecule has 8 heteroatoms. The molecule has 160 valence electrons. The Morgan fingerprint density at radius 2 is 1.72 bits per heavy atom. The number of nitrogens with one attached hydrogen (secondary N) is 1. The molecule has 0 aliphatic carbocycles. The van der Waals surface area contributed by atoms with Gasteiger partial charge in [-0.2, -0.15) is 4.31 Å². The number of benzene rings is 1. The molecule has 2 heterocycles. The fourth-order valence-electron chi connectivity index (χ4n) is 4.30. The van der Waals surface area contributed by atoms with Crippen molar-refractivity contribution in [1.29, 1.82) is 0 Å². The summed E-state index contributed by atoms with van der Waals surface area (Å²) in [4.78, 5) is 27.6. The van der Waals surface area contributed by atoms with Gasteiger partial charge in [-0.15, -0.1) is 0 Å². The van der Waals surface area contributed by atoms with Crippen LogP contribution in [0.1, 0.15) is 49.9 Å². The summed E-state index contributed by atoms with van der Waals surface area (Å²) in [6.45, 7) is 6.93. The molecule has 3 rings (SSSR count). The van der Waals surface area contributed by atoms with E-state index in [0.29, 0.717) is 44.3 Å². The smallest absolute Gasteiger partial charge is 0.278 e. The number of likely N-dealkylation sites (tertiary alicyclic amines) is 1. The Morgan fingerprint density at radius 3 is 2.31 bits per heavy atom. The average molecular weight is 423 g/mol. The van der Waals surface area contributed by atoms with Crippen LogP contribution < -0.4 is 4.90 Å². The molecule has 2 fully saturated rings. The van der Waals surface area contributed by atoms with Crippen LogP contribution >= 0.6 is 0 Å². The second-order valence-electron chi connectivity index (χ2n) is 8.06. The van der Waals surface area contributed by atoms with E-state index in [4.69, 9.17) is 0 Å². The zero-order valence-corrected chi connectivity index (χ0v) is 18.2. The minimum atomic E-state index is -3.58. The summed E-state index contributed by atoms with van der Waals surface area (Å²) in [6.07, 6.45) is 4.35. The molecule has 0 unspecified atom stereocenters. The summed E-state index contributed by atoms with van der Waals surface area (Å²) in [7, 11) is -3.58. The van der Waals surface area contributed by atoms with E-state index in [1.807, 2.05) is 4.90 Å². The number of hydrogen-bond acceptors (Lipinski definition) is 4. The van der Waals surface area contributed by atoms with Gasteiger partial charge in [-0.1, -0.05) is 19.1 Å². The summed E-state index contributed by atoms with van der Waals surface area (Å²) in [5.41, 5.74) is 0.500. The van der Waals surface area contributed by atoms with Gasteiger partial charge < -0.3 is 9.80 Å². The van der Waals surface area contributed by atoms with E-state index < -0.39 is 10.0 Å². The van der Waals surface area contributed by atoms with Gasteiger partial charge in [0.05, 0.1) is 31.1 Å². The van der Waals surface area contributed by atoms with Crippen LogP contribution in [0.3, 0.4) is 0 Å². The van der Waals surface area contributed by atoms with Gasteiger partial charge in [0.25, 0.3) is 5.91 Å². The maximum Gasteiger partial charge on any atom is 0.278 e. The summed E-state index contributed by atoms with van der Waals surface area (Å²) >= 11 is 0. The molecule has 2 aliphatic heterocycles. The molecule has 0 aromatic heterocycles. The van der Waals surface area contributed by atoms with Crippen molar-refractivity contribution >= 4 is 21.7 Å².